The quantitative estimate of drug-likeness (QED) is 0.608. The molecule has 0 spiro atoms. The molecule has 0 saturated carbocycles. The van der Waals surface area contributed by atoms with E-state index < -0.39 is 0 Å². The molecule has 2 nitrogen and oxygen atoms in total. The van der Waals surface area contributed by atoms with Crippen LogP contribution in [0.1, 0.15) is 12.8 Å². The molecule has 0 radical (unpaired) electrons. The van der Waals surface area contributed by atoms with Crippen LogP contribution in [0.15, 0.2) is 0 Å². The number of thiocarbonyl (C=S) groups is 1. The summed E-state index contributed by atoms with van der Waals surface area (Å²) < 4.78 is 0. The zero-order valence-electron chi connectivity index (χ0n) is 5.80. The van der Waals surface area contributed by atoms with E-state index in [0.717, 1.165) is 11.8 Å². The summed E-state index contributed by atoms with van der Waals surface area (Å²) in [5.74, 6) is 1.30. The fourth-order valence-electron chi connectivity index (χ4n) is 1.02. The van der Waals surface area contributed by atoms with Crippen LogP contribution in [0, 0.1) is 0 Å². The van der Waals surface area contributed by atoms with Gasteiger partial charge in [0, 0.05) is 11.8 Å². The summed E-state index contributed by atoms with van der Waals surface area (Å²) in [6.07, 6.45) is 2.65. The smallest absolute Gasteiger partial charge is 0.163 e. The van der Waals surface area contributed by atoms with Crippen molar-refractivity contribution in [3.63, 3.8) is 0 Å². The van der Waals surface area contributed by atoms with Crippen LogP contribution in [-0.2, 0) is 0 Å². The Bertz CT molecular complexity index is 121. The van der Waals surface area contributed by atoms with E-state index in [1.807, 2.05) is 11.8 Å². The third-order valence-electron chi connectivity index (χ3n) is 1.53. The molecule has 1 unspecified atom stereocenters. The Kier molecular flexibility index (Phi) is 3.28. The molecule has 1 aliphatic rings. The first kappa shape index (κ1) is 8.14. The molecule has 1 fully saturated rings. The first-order chi connectivity index (χ1) is 4.79. The van der Waals surface area contributed by atoms with Crippen LogP contribution in [0.25, 0.3) is 0 Å². The Morgan fingerprint density at radius 1 is 1.80 bits per heavy atom. The van der Waals surface area contributed by atoms with Crippen molar-refractivity contribution < 1.29 is 0 Å². The zero-order valence-corrected chi connectivity index (χ0v) is 7.43. The van der Waals surface area contributed by atoms with Crippen molar-refractivity contribution in [3.05, 3.63) is 0 Å². The second-order valence-corrected chi connectivity index (χ2v) is 4.23. The van der Waals surface area contributed by atoms with E-state index in [1.54, 1.807) is 0 Å². The summed E-state index contributed by atoms with van der Waals surface area (Å²) in [5, 5.41) is 4.14. The fourth-order valence-corrected chi connectivity index (χ4v) is 2.30. The molecular weight excluding hydrogens is 164 g/mol. The topological polar surface area (TPSA) is 38.0 Å². The van der Waals surface area contributed by atoms with Crippen molar-refractivity contribution in [2.24, 2.45) is 5.73 Å². The fraction of sp³-hybridized carbons (Fsp3) is 0.833. The van der Waals surface area contributed by atoms with E-state index in [2.05, 4.69) is 17.5 Å². The molecule has 3 N–H and O–H groups in total. The summed E-state index contributed by atoms with van der Waals surface area (Å²) >= 11 is 6.69. The van der Waals surface area contributed by atoms with E-state index in [1.165, 1.54) is 18.6 Å². The molecule has 10 heavy (non-hydrogen) atoms. The van der Waals surface area contributed by atoms with Gasteiger partial charge in [-0.05, 0) is 30.8 Å². The normalized spacial score (nSPS) is 24.6. The van der Waals surface area contributed by atoms with E-state index in [-0.39, 0.29) is 0 Å². The number of nitrogens with one attached hydrogen (secondary N) is 1. The minimum atomic E-state index is 0.424. The van der Waals surface area contributed by atoms with Gasteiger partial charge < -0.3 is 11.1 Å². The largest absolute Gasteiger partial charge is 0.376 e. The highest BCUT2D eigenvalue weighted by Crippen LogP contribution is 2.24. The first-order valence-electron chi connectivity index (χ1n) is 3.44. The maximum absolute atomic E-state index is 5.28. The molecule has 1 saturated heterocycles. The average molecular weight is 176 g/mol. The maximum atomic E-state index is 5.28. The summed E-state index contributed by atoms with van der Waals surface area (Å²) in [7, 11) is 0. The highest BCUT2D eigenvalue weighted by atomic mass is 32.2. The molecule has 1 aliphatic heterocycles. The van der Waals surface area contributed by atoms with Crippen molar-refractivity contribution in [1.29, 1.82) is 0 Å². The predicted octanol–water partition coefficient (Wildman–Crippen LogP) is 0.715. The van der Waals surface area contributed by atoms with Crippen molar-refractivity contribution in [2.75, 3.05) is 12.3 Å². The van der Waals surface area contributed by atoms with Crippen LogP contribution in [0.4, 0.5) is 0 Å². The molecular formula is C6H12N2S2. The predicted molar refractivity (Wildman–Crippen MR) is 50.3 cm³/mol. The Hall–Kier alpha value is 0.0400. The number of hydrogen-bond donors (Lipinski definition) is 2. The van der Waals surface area contributed by atoms with E-state index in [9.17, 15) is 0 Å². The Morgan fingerprint density at radius 3 is 3.10 bits per heavy atom. The molecule has 0 bridgehead atoms. The van der Waals surface area contributed by atoms with Gasteiger partial charge in [0.25, 0.3) is 0 Å². The van der Waals surface area contributed by atoms with Gasteiger partial charge >= 0.3 is 0 Å². The molecule has 0 aromatic carbocycles. The van der Waals surface area contributed by atoms with Crippen molar-refractivity contribution >= 4 is 29.1 Å². The lowest BCUT2D eigenvalue weighted by molar-refractivity contribution is 0.748. The van der Waals surface area contributed by atoms with Crippen LogP contribution in [-0.4, -0.2) is 22.7 Å². The number of hydrogen-bond acceptors (Lipinski definition) is 2. The van der Waals surface area contributed by atoms with Gasteiger partial charge in [0.1, 0.15) is 0 Å². The van der Waals surface area contributed by atoms with Gasteiger partial charge in [-0.15, -0.1) is 0 Å². The van der Waals surface area contributed by atoms with E-state index in [4.69, 9.17) is 5.73 Å². The van der Waals surface area contributed by atoms with Crippen LogP contribution in [0.5, 0.6) is 0 Å². The third kappa shape index (κ3) is 2.75. The zero-order chi connectivity index (χ0) is 7.40. The Balaban J connectivity index is 2.07. The lowest BCUT2D eigenvalue weighted by atomic mass is 10.2. The SMILES string of the molecule is NC(=S)NCC1CCCS1. The minimum absolute atomic E-state index is 0.424. The van der Waals surface area contributed by atoms with Gasteiger partial charge in [-0.3, -0.25) is 0 Å². The molecule has 0 aromatic rings. The second-order valence-electron chi connectivity index (χ2n) is 2.38. The lowest BCUT2D eigenvalue weighted by Crippen LogP contribution is -2.33. The van der Waals surface area contributed by atoms with Gasteiger partial charge in [0.05, 0.1) is 0 Å². The van der Waals surface area contributed by atoms with Gasteiger partial charge in [-0.25, -0.2) is 0 Å². The first-order valence-corrected chi connectivity index (χ1v) is 4.89. The monoisotopic (exact) mass is 176 g/mol. The summed E-state index contributed by atoms with van der Waals surface area (Å²) in [6, 6.07) is 0. The molecule has 1 heterocycles. The molecule has 58 valence electrons. The maximum Gasteiger partial charge on any atom is 0.163 e. The molecule has 4 heteroatoms. The molecule has 1 atom stereocenters. The standard InChI is InChI=1S/C6H12N2S2/c7-6(9)8-4-5-2-1-3-10-5/h5H,1-4H2,(H3,7,8,9). The molecule has 0 amide bonds. The van der Waals surface area contributed by atoms with Crippen LogP contribution < -0.4 is 11.1 Å². The Labute approximate surface area is 70.9 Å². The third-order valence-corrected chi connectivity index (χ3v) is 3.07. The molecule has 0 aromatic heterocycles. The Morgan fingerprint density at radius 2 is 2.60 bits per heavy atom. The highest BCUT2D eigenvalue weighted by molar-refractivity contribution is 8.00. The van der Waals surface area contributed by atoms with Gasteiger partial charge in [-0.2, -0.15) is 11.8 Å². The second kappa shape index (κ2) is 4.03. The van der Waals surface area contributed by atoms with Gasteiger partial charge in [0.2, 0.25) is 0 Å². The van der Waals surface area contributed by atoms with Crippen molar-refractivity contribution in [2.45, 2.75) is 18.1 Å². The highest BCUT2D eigenvalue weighted by Gasteiger charge is 2.14. The van der Waals surface area contributed by atoms with Crippen LogP contribution in [0.2, 0.25) is 0 Å². The van der Waals surface area contributed by atoms with E-state index >= 15 is 0 Å². The summed E-state index contributed by atoms with van der Waals surface area (Å²) in [6.45, 7) is 0.944. The average Bonchev–Trinajstić information content (AvgIpc) is 2.34. The lowest BCUT2D eigenvalue weighted by Gasteiger charge is -2.08. The number of nitrogens with two attached hydrogens (primary N) is 1. The number of thioether (sulfide) groups is 1. The van der Waals surface area contributed by atoms with Gasteiger partial charge in [0.15, 0.2) is 5.11 Å². The number of rotatable bonds is 2. The van der Waals surface area contributed by atoms with Crippen LogP contribution >= 0.6 is 24.0 Å². The summed E-state index contributed by atoms with van der Waals surface area (Å²) in [4.78, 5) is 0. The van der Waals surface area contributed by atoms with Gasteiger partial charge in [-0.1, -0.05) is 0 Å². The van der Waals surface area contributed by atoms with Crippen molar-refractivity contribution in [3.8, 4) is 0 Å². The van der Waals surface area contributed by atoms with Crippen molar-refractivity contribution in [1.82, 2.24) is 5.32 Å². The molecule has 0 aliphatic carbocycles. The van der Waals surface area contributed by atoms with E-state index in [0.29, 0.717) is 5.11 Å². The molecule has 1 rings (SSSR count). The minimum Gasteiger partial charge on any atom is -0.376 e. The van der Waals surface area contributed by atoms with Crippen LogP contribution in [0.3, 0.4) is 0 Å². The summed E-state index contributed by atoms with van der Waals surface area (Å²) in [5.41, 5.74) is 5.28.